The summed E-state index contributed by atoms with van der Waals surface area (Å²) in [5.41, 5.74) is 27.1. The molecule has 0 bridgehead atoms. The Morgan fingerprint density at radius 2 is 0.838 bits per heavy atom. The average molecular weight is 983 g/mol. The number of nitrogens with zero attached hydrogens (tertiary/aromatic N) is 3. The highest BCUT2D eigenvalue weighted by Crippen LogP contribution is 2.58. The van der Waals surface area contributed by atoms with Crippen molar-refractivity contribution in [3.8, 4) is 22.3 Å². The van der Waals surface area contributed by atoms with Gasteiger partial charge in [0.2, 0.25) is 5.78 Å². The molecule has 4 aromatic rings. The van der Waals surface area contributed by atoms with E-state index in [1.807, 2.05) is 0 Å². The maximum atomic E-state index is 15.3. The zero-order valence-electron chi connectivity index (χ0n) is 45.9. The SMILES string of the molecule is Cc1cc(-c2cc(C)c3c(c2)C2(C)CCCCC/C(=C4/C(=O)C(C5=C6\Nc7c(C)cc(-c8cc(C)c9c(c8)C8(C)CCCCCCC8=N9)cc7C6(C)CCCCC\5)=C4O)C2=N3)cc2c1N=C1CCCCCCC12C. The average Bonchev–Trinajstić information content (AvgIpc) is 4.03. The lowest BCUT2D eigenvalue weighted by molar-refractivity contribution is -0.113. The van der Waals surface area contributed by atoms with Crippen molar-refractivity contribution in [2.24, 2.45) is 15.0 Å². The lowest BCUT2D eigenvalue weighted by Crippen LogP contribution is -2.36. The standard InChI is InChI=1S/C68H78N4O2/c1-39-31-43(35-49-57(39)69-53-25-17-9-11-19-27-65(49,53)5)45-33-41(3)59-51(37-45)67(7)29-21-13-15-23-47(63(67)71-59)55-61(73)56(62(55)74)48-24-16-14-22-30-68(8)52-38-46(34-42(4)60(52)72-64(48)68)44-32-40(2)58-50(36-44)66(6)28-20-12-10-18-26-54(66)70-58/h31-38,71,73H,9-30H2,1-8H3/b56-48-,63-47-. The van der Waals surface area contributed by atoms with E-state index >= 15 is 4.79 Å². The van der Waals surface area contributed by atoms with Crippen molar-refractivity contribution in [1.29, 1.82) is 0 Å². The Balaban J connectivity index is 0.865. The van der Waals surface area contributed by atoms with Crippen molar-refractivity contribution in [2.45, 2.75) is 218 Å². The minimum Gasteiger partial charge on any atom is -0.506 e. The number of aryl methyl sites for hydroxylation is 4. The molecular weight excluding hydrogens is 905 g/mol. The number of hydrogen-bond acceptors (Lipinski definition) is 6. The van der Waals surface area contributed by atoms with Crippen LogP contribution < -0.4 is 5.32 Å². The van der Waals surface area contributed by atoms with Gasteiger partial charge in [0.15, 0.2) is 0 Å². The minimum absolute atomic E-state index is 0.000309. The van der Waals surface area contributed by atoms with E-state index in [2.05, 4.69) is 109 Å². The molecular formula is C68H78N4O2. The van der Waals surface area contributed by atoms with Gasteiger partial charge in [0, 0.05) is 44.5 Å². The molecule has 382 valence electrons. The molecule has 3 fully saturated rings. The zero-order valence-corrected chi connectivity index (χ0v) is 45.9. The van der Waals surface area contributed by atoms with E-state index < -0.39 is 0 Å². The molecule has 13 rings (SSSR count). The second-order valence-corrected chi connectivity index (χ2v) is 25.5. The van der Waals surface area contributed by atoms with Crippen LogP contribution in [-0.4, -0.2) is 28.0 Å². The molecule has 0 aromatic heterocycles. The molecule has 4 heterocycles. The number of aliphatic imine (C=N–C) groups is 3. The fraction of sp³-hybridized carbons (Fsp3) is 0.500. The van der Waals surface area contributed by atoms with Crippen LogP contribution in [0.1, 0.15) is 213 Å². The zero-order chi connectivity index (χ0) is 51.1. The summed E-state index contributed by atoms with van der Waals surface area (Å²) in [5.74, 6) is 0.174. The van der Waals surface area contributed by atoms with Gasteiger partial charge in [0.25, 0.3) is 0 Å². The normalized spacial score (nSPS) is 30.3. The highest BCUT2D eigenvalue weighted by molar-refractivity contribution is 6.27. The lowest BCUT2D eigenvalue weighted by atomic mass is 9.66. The molecule has 4 atom stereocenters. The van der Waals surface area contributed by atoms with Gasteiger partial charge in [-0.3, -0.25) is 19.8 Å². The number of carbonyl (C=O) groups is 1. The highest BCUT2D eigenvalue weighted by Gasteiger charge is 2.50. The van der Waals surface area contributed by atoms with Gasteiger partial charge in [-0.05, 0) is 245 Å². The Kier molecular flexibility index (Phi) is 11.3. The molecule has 0 saturated heterocycles. The Labute approximate surface area is 441 Å². The molecule has 0 amide bonds. The summed E-state index contributed by atoms with van der Waals surface area (Å²) in [6.45, 7) is 18.6. The van der Waals surface area contributed by atoms with E-state index in [1.165, 1.54) is 141 Å². The first-order chi connectivity index (χ1) is 35.6. The molecule has 6 heteroatoms. The van der Waals surface area contributed by atoms with Crippen molar-refractivity contribution in [3.63, 3.8) is 0 Å². The molecule has 0 spiro atoms. The number of allylic oxidation sites excluding steroid dienone is 5. The first-order valence-corrected chi connectivity index (χ1v) is 29.2. The van der Waals surface area contributed by atoms with Crippen LogP contribution in [-0.2, 0) is 26.5 Å². The van der Waals surface area contributed by atoms with E-state index in [0.717, 1.165) is 124 Å². The van der Waals surface area contributed by atoms with Crippen LogP contribution in [0.3, 0.4) is 0 Å². The fourth-order valence-electron chi connectivity index (χ4n) is 16.1. The highest BCUT2D eigenvalue weighted by atomic mass is 16.3. The number of hydrogen-bond donors (Lipinski definition) is 2. The van der Waals surface area contributed by atoms with Gasteiger partial charge in [-0.15, -0.1) is 0 Å². The maximum absolute atomic E-state index is 15.3. The molecule has 4 aliphatic heterocycles. The Hall–Kier alpha value is -5.62. The number of rotatable bonds is 3. The van der Waals surface area contributed by atoms with E-state index in [4.69, 9.17) is 15.0 Å². The van der Waals surface area contributed by atoms with Crippen molar-refractivity contribution in [2.75, 3.05) is 5.32 Å². The fourth-order valence-corrected chi connectivity index (χ4v) is 16.1. The molecule has 9 aliphatic rings. The van der Waals surface area contributed by atoms with E-state index in [0.29, 0.717) is 11.1 Å². The van der Waals surface area contributed by atoms with Crippen molar-refractivity contribution in [1.82, 2.24) is 0 Å². The Morgan fingerprint density at radius 1 is 0.432 bits per heavy atom. The Morgan fingerprint density at radius 3 is 1.36 bits per heavy atom. The Bertz CT molecular complexity index is 3350. The van der Waals surface area contributed by atoms with Gasteiger partial charge in [-0.1, -0.05) is 78.1 Å². The predicted molar refractivity (Wildman–Crippen MR) is 307 cm³/mol. The number of ketones is 1. The maximum Gasteiger partial charge on any atom is 0.201 e. The number of aliphatic hydroxyl groups excluding tert-OH is 1. The van der Waals surface area contributed by atoms with Gasteiger partial charge in [-0.2, -0.15) is 0 Å². The van der Waals surface area contributed by atoms with Crippen LogP contribution in [0.2, 0.25) is 0 Å². The second kappa shape index (κ2) is 17.5. The smallest absolute Gasteiger partial charge is 0.201 e. The summed E-state index contributed by atoms with van der Waals surface area (Å²) in [6, 6.07) is 19.3. The lowest BCUT2D eigenvalue weighted by Gasteiger charge is -2.36. The van der Waals surface area contributed by atoms with Gasteiger partial charge >= 0.3 is 0 Å². The predicted octanol–water partition coefficient (Wildman–Crippen LogP) is 18.3. The van der Waals surface area contributed by atoms with Gasteiger partial charge in [-0.25, -0.2) is 0 Å². The molecule has 5 aliphatic carbocycles. The number of carbonyl (C=O) groups excluding carboxylic acids is 1. The first-order valence-electron chi connectivity index (χ1n) is 29.2. The number of nitrogens with one attached hydrogen (secondary N) is 1. The summed E-state index contributed by atoms with van der Waals surface area (Å²) >= 11 is 0. The molecule has 4 unspecified atom stereocenters. The minimum atomic E-state index is -0.382. The molecule has 2 N–H and O–H groups in total. The van der Waals surface area contributed by atoms with Crippen molar-refractivity contribution < 1.29 is 9.90 Å². The third-order valence-electron chi connectivity index (χ3n) is 20.6. The third-order valence-corrected chi connectivity index (χ3v) is 20.6. The topological polar surface area (TPSA) is 86.4 Å². The monoisotopic (exact) mass is 983 g/mol. The van der Waals surface area contributed by atoms with Crippen LogP contribution in [0, 0.1) is 27.7 Å². The van der Waals surface area contributed by atoms with Crippen LogP contribution in [0.5, 0.6) is 0 Å². The van der Waals surface area contributed by atoms with Crippen LogP contribution in [0.15, 0.2) is 97.3 Å². The van der Waals surface area contributed by atoms with Gasteiger partial charge in [0.1, 0.15) is 5.76 Å². The van der Waals surface area contributed by atoms with Crippen LogP contribution >= 0.6 is 0 Å². The quantitative estimate of drug-likeness (QED) is 0.201. The van der Waals surface area contributed by atoms with E-state index in [-0.39, 0.29) is 33.2 Å². The molecule has 3 saturated carbocycles. The summed E-state index contributed by atoms with van der Waals surface area (Å²) < 4.78 is 0. The van der Waals surface area contributed by atoms with Crippen LogP contribution in [0.4, 0.5) is 22.7 Å². The van der Waals surface area contributed by atoms with Crippen molar-refractivity contribution >= 4 is 45.7 Å². The van der Waals surface area contributed by atoms with Gasteiger partial charge < -0.3 is 10.4 Å². The van der Waals surface area contributed by atoms with Crippen molar-refractivity contribution in [3.05, 3.63) is 127 Å². The largest absolute Gasteiger partial charge is 0.506 e. The number of aliphatic hydroxyl groups is 1. The summed E-state index contributed by atoms with van der Waals surface area (Å²) in [4.78, 5) is 31.5. The molecule has 4 aromatic carbocycles. The first kappa shape index (κ1) is 48.1. The molecule has 0 radical (unpaired) electrons. The third kappa shape index (κ3) is 7.07. The summed E-state index contributed by atoms with van der Waals surface area (Å²) in [7, 11) is 0. The van der Waals surface area contributed by atoms with Crippen LogP contribution in [0.25, 0.3) is 22.3 Å². The summed E-state index contributed by atoms with van der Waals surface area (Å²) in [6.07, 6.45) is 24.5. The number of Topliss-reactive ketones (excluding diaryl/α,β-unsaturated/α-hetero) is 1. The van der Waals surface area contributed by atoms with E-state index in [9.17, 15) is 5.11 Å². The molecule has 6 nitrogen and oxygen atoms in total. The number of benzene rings is 4. The summed E-state index contributed by atoms with van der Waals surface area (Å²) in [5, 5.41) is 16.6. The number of anilines is 1. The van der Waals surface area contributed by atoms with Gasteiger partial charge in [0.05, 0.1) is 33.9 Å². The molecule has 74 heavy (non-hydrogen) atoms. The number of fused-ring (bicyclic) bond motifs is 12. The van der Waals surface area contributed by atoms with E-state index in [1.54, 1.807) is 0 Å². The second-order valence-electron chi connectivity index (χ2n) is 25.5.